The monoisotopic (exact) mass is 281 g/mol. The Morgan fingerprint density at radius 2 is 1.85 bits per heavy atom. The van der Waals surface area contributed by atoms with E-state index < -0.39 is 0 Å². The van der Waals surface area contributed by atoms with Crippen molar-refractivity contribution in [3.05, 3.63) is 77.3 Å². The summed E-state index contributed by atoms with van der Waals surface area (Å²) in [5.74, 6) is 0. The van der Waals surface area contributed by atoms with Crippen LogP contribution in [0.1, 0.15) is 11.3 Å². The number of aromatic nitrogens is 3. The van der Waals surface area contributed by atoms with Gasteiger partial charge in [-0.3, -0.25) is 4.98 Å². The van der Waals surface area contributed by atoms with Crippen LogP contribution in [0.3, 0.4) is 0 Å². The zero-order chi connectivity index (χ0) is 13.8. The van der Waals surface area contributed by atoms with E-state index in [-0.39, 0.29) is 0 Å². The first-order valence-corrected chi connectivity index (χ1v) is 6.59. The van der Waals surface area contributed by atoms with E-state index >= 15 is 0 Å². The molecule has 0 atom stereocenters. The van der Waals surface area contributed by atoms with E-state index in [1.54, 1.807) is 12.4 Å². The van der Waals surface area contributed by atoms with Crippen molar-refractivity contribution in [1.29, 1.82) is 0 Å². The van der Waals surface area contributed by atoms with Crippen LogP contribution in [-0.2, 0) is 0 Å². The molecule has 0 N–H and O–H groups in total. The van der Waals surface area contributed by atoms with Crippen LogP contribution in [0.5, 0.6) is 0 Å². The van der Waals surface area contributed by atoms with Crippen molar-refractivity contribution in [3.8, 4) is 5.69 Å². The Labute approximate surface area is 122 Å². The van der Waals surface area contributed by atoms with Crippen molar-refractivity contribution in [3.63, 3.8) is 0 Å². The molecule has 0 bridgehead atoms. The minimum atomic E-state index is 0.731. The predicted molar refractivity (Wildman–Crippen MR) is 81.7 cm³/mol. The number of halogens is 1. The highest BCUT2D eigenvalue weighted by Crippen LogP contribution is 2.13. The van der Waals surface area contributed by atoms with Gasteiger partial charge >= 0.3 is 0 Å². The van der Waals surface area contributed by atoms with E-state index in [0.29, 0.717) is 0 Å². The van der Waals surface area contributed by atoms with Crippen LogP contribution in [0.2, 0.25) is 5.02 Å². The molecule has 4 heteroatoms. The molecule has 0 saturated heterocycles. The maximum atomic E-state index is 5.95. The van der Waals surface area contributed by atoms with Gasteiger partial charge in [0.15, 0.2) is 0 Å². The summed E-state index contributed by atoms with van der Waals surface area (Å²) in [6, 6.07) is 13.5. The van der Waals surface area contributed by atoms with Gasteiger partial charge in [0, 0.05) is 23.6 Å². The SMILES string of the molecule is Clc1cccc(C=Cc2ccn(-c3ccncc3)n2)c1. The minimum Gasteiger partial charge on any atom is -0.265 e. The summed E-state index contributed by atoms with van der Waals surface area (Å²) in [4.78, 5) is 3.99. The normalized spacial score (nSPS) is 11.1. The van der Waals surface area contributed by atoms with Gasteiger partial charge in [0.25, 0.3) is 0 Å². The van der Waals surface area contributed by atoms with Crippen molar-refractivity contribution in [2.45, 2.75) is 0 Å². The summed E-state index contributed by atoms with van der Waals surface area (Å²) in [6.07, 6.45) is 9.37. The molecular weight excluding hydrogens is 270 g/mol. The second-order valence-corrected chi connectivity index (χ2v) is 4.72. The van der Waals surface area contributed by atoms with Gasteiger partial charge in [-0.1, -0.05) is 29.8 Å². The topological polar surface area (TPSA) is 30.7 Å². The van der Waals surface area contributed by atoms with Crippen LogP contribution in [0.4, 0.5) is 0 Å². The average Bonchev–Trinajstić information content (AvgIpc) is 2.95. The van der Waals surface area contributed by atoms with Crippen molar-refractivity contribution >= 4 is 23.8 Å². The first-order chi connectivity index (χ1) is 9.81. The van der Waals surface area contributed by atoms with E-state index in [1.165, 1.54) is 0 Å². The highest BCUT2D eigenvalue weighted by molar-refractivity contribution is 6.30. The van der Waals surface area contributed by atoms with Gasteiger partial charge < -0.3 is 0 Å². The third-order valence-corrected chi connectivity index (χ3v) is 3.07. The van der Waals surface area contributed by atoms with Crippen molar-refractivity contribution in [1.82, 2.24) is 14.8 Å². The smallest absolute Gasteiger partial charge is 0.0855 e. The maximum absolute atomic E-state index is 5.95. The highest BCUT2D eigenvalue weighted by Gasteiger charge is 1.98. The second kappa shape index (κ2) is 5.72. The van der Waals surface area contributed by atoms with Crippen LogP contribution in [0, 0.1) is 0 Å². The lowest BCUT2D eigenvalue weighted by Gasteiger charge is -1.98. The molecule has 2 heterocycles. The van der Waals surface area contributed by atoms with Gasteiger partial charge in [-0.05, 0) is 42.0 Å². The molecule has 3 aromatic rings. The summed E-state index contributed by atoms with van der Waals surface area (Å²) in [5, 5.41) is 5.22. The van der Waals surface area contributed by atoms with Crippen molar-refractivity contribution in [2.24, 2.45) is 0 Å². The average molecular weight is 282 g/mol. The Bertz CT molecular complexity index is 732. The Kier molecular flexibility index (Phi) is 3.61. The number of pyridine rings is 1. The van der Waals surface area contributed by atoms with Gasteiger partial charge in [-0.2, -0.15) is 5.10 Å². The largest absolute Gasteiger partial charge is 0.265 e. The van der Waals surface area contributed by atoms with Gasteiger partial charge in [-0.15, -0.1) is 0 Å². The molecule has 1 aromatic carbocycles. The Hall–Kier alpha value is -2.39. The number of nitrogens with zero attached hydrogens (tertiary/aromatic N) is 3. The van der Waals surface area contributed by atoms with Crippen LogP contribution in [-0.4, -0.2) is 14.8 Å². The number of rotatable bonds is 3. The molecule has 0 radical (unpaired) electrons. The summed E-state index contributed by atoms with van der Waals surface area (Å²) in [6.45, 7) is 0. The summed E-state index contributed by atoms with van der Waals surface area (Å²) >= 11 is 5.95. The molecule has 0 aliphatic rings. The molecular formula is C16H12ClN3. The lowest BCUT2D eigenvalue weighted by molar-refractivity contribution is 0.873. The zero-order valence-electron chi connectivity index (χ0n) is 10.6. The molecule has 98 valence electrons. The van der Waals surface area contributed by atoms with Crippen molar-refractivity contribution < 1.29 is 0 Å². The first-order valence-electron chi connectivity index (χ1n) is 6.21. The molecule has 3 nitrogen and oxygen atoms in total. The zero-order valence-corrected chi connectivity index (χ0v) is 11.4. The lowest BCUT2D eigenvalue weighted by atomic mass is 10.2. The summed E-state index contributed by atoms with van der Waals surface area (Å²) in [5.41, 5.74) is 2.93. The van der Waals surface area contributed by atoms with Gasteiger partial charge in [0.2, 0.25) is 0 Å². The number of benzene rings is 1. The molecule has 0 aliphatic heterocycles. The second-order valence-electron chi connectivity index (χ2n) is 4.28. The van der Waals surface area contributed by atoms with E-state index in [0.717, 1.165) is 22.0 Å². The molecule has 0 saturated carbocycles. The molecule has 0 aliphatic carbocycles. The fraction of sp³-hybridized carbons (Fsp3) is 0. The molecule has 0 amide bonds. The van der Waals surface area contributed by atoms with Gasteiger partial charge in [-0.25, -0.2) is 4.68 Å². The molecule has 2 aromatic heterocycles. The third-order valence-electron chi connectivity index (χ3n) is 2.83. The van der Waals surface area contributed by atoms with E-state index in [9.17, 15) is 0 Å². The quantitative estimate of drug-likeness (QED) is 0.724. The fourth-order valence-electron chi connectivity index (χ4n) is 1.86. The van der Waals surface area contributed by atoms with Crippen LogP contribution >= 0.6 is 11.6 Å². The Morgan fingerprint density at radius 1 is 1.00 bits per heavy atom. The van der Waals surface area contributed by atoms with E-state index in [4.69, 9.17) is 11.6 Å². The standard InChI is InChI=1S/C16H12ClN3/c17-14-3-1-2-13(12-14)4-5-15-8-11-20(19-15)16-6-9-18-10-7-16/h1-12H. The van der Waals surface area contributed by atoms with E-state index in [1.807, 2.05) is 65.5 Å². The molecule has 20 heavy (non-hydrogen) atoms. The molecule has 0 unspecified atom stereocenters. The summed E-state index contributed by atoms with van der Waals surface area (Å²) < 4.78 is 1.82. The highest BCUT2D eigenvalue weighted by atomic mass is 35.5. The van der Waals surface area contributed by atoms with Crippen LogP contribution in [0.25, 0.3) is 17.8 Å². The molecule has 0 fully saturated rings. The number of hydrogen-bond acceptors (Lipinski definition) is 2. The first kappa shape index (κ1) is 12.6. The number of hydrogen-bond donors (Lipinski definition) is 0. The lowest BCUT2D eigenvalue weighted by Crippen LogP contribution is -1.94. The maximum Gasteiger partial charge on any atom is 0.0855 e. The van der Waals surface area contributed by atoms with E-state index in [2.05, 4.69) is 10.1 Å². The van der Waals surface area contributed by atoms with Crippen LogP contribution < -0.4 is 0 Å². The van der Waals surface area contributed by atoms with Crippen molar-refractivity contribution in [2.75, 3.05) is 0 Å². The fourth-order valence-corrected chi connectivity index (χ4v) is 2.06. The Balaban J connectivity index is 1.81. The minimum absolute atomic E-state index is 0.731. The van der Waals surface area contributed by atoms with Gasteiger partial charge in [0.05, 0.1) is 11.4 Å². The Morgan fingerprint density at radius 3 is 2.65 bits per heavy atom. The molecule has 3 rings (SSSR count). The molecule has 0 spiro atoms. The summed E-state index contributed by atoms with van der Waals surface area (Å²) in [7, 11) is 0. The third kappa shape index (κ3) is 2.95. The van der Waals surface area contributed by atoms with Crippen LogP contribution in [0.15, 0.2) is 61.1 Å². The predicted octanol–water partition coefficient (Wildman–Crippen LogP) is 4.09. The van der Waals surface area contributed by atoms with Gasteiger partial charge in [0.1, 0.15) is 0 Å².